The quantitative estimate of drug-likeness (QED) is 0.443. The molecule has 3 rings (SSSR count). The number of ether oxygens (including phenoxy) is 2. The van der Waals surface area contributed by atoms with Gasteiger partial charge >= 0.3 is 0 Å². The zero-order chi connectivity index (χ0) is 20.6. The van der Waals surface area contributed by atoms with Crippen LogP contribution in [0.3, 0.4) is 0 Å². The smallest absolute Gasteiger partial charge is 0.201 e. The van der Waals surface area contributed by atoms with Crippen molar-refractivity contribution in [3.8, 4) is 16.9 Å². The maximum Gasteiger partial charge on any atom is 0.201 e. The minimum Gasteiger partial charge on any atom is -0.490 e. The number of benzene rings is 2. The molecule has 1 fully saturated rings. The van der Waals surface area contributed by atoms with Crippen molar-refractivity contribution in [2.24, 2.45) is 0 Å². The van der Waals surface area contributed by atoms with Crippen LogP contribution in [-0.4, -0.2) is 19.3 Å². The molecule has 156 valence electrons. The average molecular weight is 401 g/mol. The largest absolute Gasteiger partial charge is 0.490 e. The molecule has 2 aromatic rings. The van der Waals surface area contributed by atoms with Gasteiger partial charge in [-0.3, -0.25) is 0 Å². The lowest BCUT2D eigenvalue weighted by molar-refractivity contribution is 0.0326. The second-order valence-electron chi connectivity index (χ2n) is 7.57. The lowest BCUT2D eigenvalue weighted by Gasteiger charge is -2.28. The van der Waals surface area contributed by atoms with Gasteiger partial charge in [-0.15, -0.1) is 0 Å². The van der Waals surface area contributed by atoms with Gasteiger partial charge < -0.3 is 9.47 Å². The Labute approximate surface area is 172 Å². The average Bonchev–Trinajstić information content (AvgIpc) is 2.76. The Morgan fingerprint density at radius 3 is 2.45 bits per heavy atom. The number of allylic oxidation sites excluding steroid dienone is 1. The monoisotopic (exact) mass is 400 g/mol. The first-order valence-corrected chi connectivity index (χ1v) is 10.6. The van der Waals surface area contributed by atoms with Gasteiger partial charge in [-0.05, 0) is 48.9 Å². The van der Waals surface area contributed by atoms with E-state index in [-0.39, 0.29) is 17.4 Å². The highest BCUT2D eigenvalue weighted by Crippen LogP contribution is 2.33. The van der Waals surface area contributed by atoms with Crippen LogP contribution >= 0.6 is 0 Å². The Kier molecular flexibility index (Phi) is 7.82. The molecule has 1 saturated heterocycles. The molecular weight excluding hydrogens is 370 g/mol. The molecule has 0 spiro atoms. The Morgan fingerprint density at radius 1 is 1.00 bits per heavy atom. The third kappa shape index (κ3) is 5.45. The van der Waals surface area contributed by atoms with Crippen molar-refractivity contribution in [3.63, 3.8) is 0 Å². The Balaban J connectivity index is 1.66. The number of halogens is 2. The van der Waals surface area contributed by atoms with Crippen LogP contribution in [0, 0.1) is 11.6 Å². The zero-order valence-electron chi connectivity index (χ0n) is 17.3. The van der Waals surface area contributed by atoms with Gasteiger partial charge in [0.25, 0.3) is 0 Å². The van der Waals surface area contributed by atoms with Gasteiger partial charge in [-0.1, -0.05) is 56.7 Å². The van der Waals surface area contributed by atoms with Gasteiger partial charge in [0, 0.05) is 11.5 Å². The Hall–Kier alpha value is -2.20. The van der Waals surface area contributed by atoms with E-state index < -0.39 is 11.6 Å². The lowest BCUT2D eigenvalue weighted by atomic mass is 9.90. The standard InChI is InChI=1S/C25H30F2O2/c1-3-5-6-7-21-13-12-20(17-29-21)18-8-10-19(11-9-18)22-14-15-23(28-16-4-2)25(27)24(22)26/h6-11,14-15,20-21H,3-5,12-13,16-17H2,1-2H3/b7-6+. The predicted octanol–water partition coefficient (Wildman–Crippen LogP) is 7.04. The molecule has 1 aliphatic rings. The molecule has 0 bridgehead atoms. The molecule has 1 heterocycles. The molecule has 2 atom stereocenters. The fourth-order valence-corrected chi connectivity index (χ4v) is 3.61. The maximum absolute atomic E-state index is 14.5. The summed E-state index contributed by atoms with van der Waals surface area (Å²) in [5.41, 5.74) is 2.08. The molecule has 0 aromatic heterocycles. The van der Waals surface area contributed by atoms with Crippen LogP contribution in [0.5, 0.6) is 5.75 Å². The summed E-state index contributed by atoms with van der Waals surface area (Å²) in [4.78, 5) is 0. The van der Waals surface area contributed by atoms with E-state index in [1.807, 2.05) is 31.2 Å². The molecule has 2 nitrogen and oxygen atoms in total. The Morgan fingerprint density at radius 2 is 1.79 bits per heavy atom. The van der Waals surface area contributed by atoms with E-state index in [0.717, 1.165) is 32.1 Å². The summed E-state index contributed by atoms with van der Waals surface area (Å²) in [6.45, 7) is 5.14. The molecule has 0 aliphatic carbocycles. The third-order valence-electron chi connectivity index (χ3n) is 5.32. The Bertz CT molecular complexity index is 806. The van der Waals surface area contributed by atoms with Crippen molar-refractivity contribution >= 4 is 0 Å². The van der Waals surface area contributed by atoms with Crippen molar-refractivity contribution in [1.29, 1.82) is 0 Å². The number of hydrogen-bond donors (Lipinski definition) is 0. The molecule has 2 unspecified atom stereocenters. The van der Waals surface area contributed by atoms with Gasteiger partial charge in [0.2, 0.25) is 5.82 Å². The summed E-state index contributed by atoms with van der Waals surface area (Å²) in [5, 5.41) is 0. The second-order valence-corrected chi connectivity index (χ2v) is 7.57. The summed E-state index contributed by atoms with van der Waals surface area (Å²) < 4.78 is 40.0. The molecule has 0 radical (unpaired) electrons. The van der Waals surface area contributed by atoms with Crippen molar-refractivity contribution < 1.29 is 18.3 Å². The van der Waals surface area contributed by atoms with E-state index in [1.165, 1.54) is 11.6 Å². The number of unbranched alkanes of at least 4 members (excludes halogenated alkanes) is 1. The van der Waals surface area contributed by atoms with Gasteiger partial charge in [0.15, 0.2) is 11.6 Å². The topological polar surface area (TPSA) is 18.5 Å². The summed E-state index contributed by atoms with van der Waals surface area (Å²) in [6.07, 6.45) is 9.64. The van der Waals surface area contributed by atoms with E-state index >= 15 is 0 Å². The lowest BCUT2D eigenvalue weighted by Crippen LogP contribution is -2.23. The van der Waals surface area contributed by atoms with Crippen molar-refractivity contribution in [3.05, 3.63) is 65.7 Å². The molecular formula is C25H30F2O2. The van der Waals surface area contributed by atoms with Crippen molar-refractivity contribution in [2.75, 3.05) is 13.2 Å². The van der Waals surface area contributed by atoms with Crippen molar-refractivity contribution in [2.45, 2.75) is 58.0 Å². The highest BCUT2D eigenvalue weighted by Gasteiger charge is 2.22. The van der Waals surface area contributed by atoms with Crippen LogP contribution in [0.15, 0.2) is 48.6 Å². The molecule has 0 saturated carbocycles. The van der Waals surface area contributed by atoms with Crippen LogP contribution in [0.2, 0.25) is 0 Å². The minimum atomic E-state index is -0.928. The van der Waals surface area contributed by atoms with Crippen LogP contribution in [0.25, 0.3) is 11.1 Å². The summed E-state index contributed by atoms with van der Waals surface area (Å²) >= 11 is 0. The van der Waals surface area contributed by atoms with Crippen LogP contribution in [0.4, 0.5) is 8.78 Å². The van der Waals surface area contributed by atoms with Gasteiger partial charge in [-0.2, -0.15) is 4.39 Å². The first-order chi connectivity index (χ1) is 14.1. The van der Waals surface area contributed by atoms with E-state index in [1.54, 1.807) is 6.07 Å². The minimum absolute atomic E-state index is 0.0355. The summed E-state index contributed by atoms with van der Waals surface area (Å²) in [7, 11) is 0. The molecule has 4 heteroatoms. The second kappa shape index (κ2) is 10.5. The first-order valence-electron chi connectivity index (χ1n) is 10.6. The normalized spacial score (nSPS) is 19.6. The molecule has 0 amide bonds. The van der Waals surface area contributed by atoms with E-state index in [4.69, 9.17) is 9.47 Å². The van der Waals surface area contributed by atoms with Gasteiger partial charge in [0.05, 0.1) is 19.3 Å². The van der Waals surface area contributed by atoms with Gasteiger partial charge in [0.1, 0.15) is 0 Å². The molecule has 1 aliphatic heterocycles. The van der Waals surface area contributed by atoms with Crippen LogP contribution < -0.4 is 4.74 Å². The van der Waals surface area contributed by atoms with E-state index in [0.29, 0.717) is 24.7 Å². The van der Waals surface area contributed by atoms with Crippen molar-refractivity contribution in [1.82, 2.24) is 0 Å². The summed E-state index contributed by atoms with van der Waals surface area (Å²) in [5.74, 6) is -1.49. The highest BCUT2D eigenvalue weighted by atomic mass is 19.2. The summed E-state index contributed by atoms with van der Waals surface area (Å²) in [6, 6.07) is 10.8. The number of hydrogen-bond acceptors (Lipinski definition) is 2. The molecule has 29 heavy (non-hydrogen) atoms. The fourth-order valence-electron chi connectivity index (χ4n) is 3.61. The maximum atomic E-state index is 14.5. The van der Waals surface area contributed by atoms with E-state index in [9.17, 15) is 8.78 Å². The molecule has 0 N–H and O–H groups in total. The third-order valence-corrected chi connectivity index (χ3v) is 5.32. The molecule has 2 aromatic carbocycles. The number of rotatable bonds is 8. The van der Waals surface area contributed by atoms with Crippen LogP contribution in [-0.2, 0) is 4.74 Å². The van der Waals surface area contributed by atoms with E-state index in [2.05, 4.69) is 19.1 Å². The van der Waals surface area contributed by atoms with Gasteiger partial charge in [-0.25, -0.2) is 4.39 Å². The predicted molar refractivity (Wildman–Crippen MR) is 113 cm³/mol. The highest BCUT2D eigenvalue weighted by molar-refractivity contribution is 5.65. The fraction of sp³-hybridized carbons (Fsp3) is 0.440. The first kappa shape index (κ1) is 21.5. The van der Waals surface area contributed by atoms with Crippen LogP contribution in [0.1, 0.15) is 57.4 Å². The zero-order valence-corrected chi connectivity index (χ0v) is 17.3. The SMILES string of the molecule is CCC/C=C/C1CCC(c2ccc(-c3ccc(OCCC)c(F)c3F)cc2)CO1.